The molecule has 21 nitrogen and oxygen atoms in total. The summed E-state index contributed by atoms with van der Waals surface area (Å²) in [4.78, 5) is 29.0. The van der Waals surface area contributed by atoms with E-state index in [2.05, 4.69) is 30.2 Å². The van der Waals surface area contributed by atoms with Gasteiger partial charge in [-0.25, -0.2) is 17.9 Å². The molecule has 1 aliphatic heterocycles. The second-order valence-corrected chi connectivity index (χ2v) is 15.4. The van der Waals surface area contributed by atoms with E-state index in [1.165, 1.54) is 0 Å². The van der Waals surface area contributed by atoms with E-state index in [0.29, 0.717) is 143 Å². The Labute approximate surface area is 390 Å². The second-order valence-electron chi connectivity index (χ2n) is 15.4. The first-order valence-corrected chi connectivity index (χ1v) is 22.8. The van der Waals surface area contributed by atoms with Crippen molar-refractivity contribution in [3.8, 4) is 5.75 Å². The number of ether oxygens (including phenoxy) is 9. The molecular weight excluding hydrogens is 896 g/mol. The average molecular weight is 968 g/mol. The predicted molar refractivity (Wildman–Crippen MR) is 234 cm³/mol. The number of piperazine rings is 1. The number of aliphatic hydroxyl groups is 3. The van der Waals surface area contributed by atoms with Gasteiger partial charge in [0, 0.05) is 64.5 Å². The number of esters is 1. The molecule has 24 heteroatoms. The summed E-state index contributed by atoms with van der Waals surface area (Å²) < 4.78 is 90.6. The van der Waals surface area contributed by atoms with E-state index in [4.69, 9.17) is 37.9 Å². The molecule has 1 amide bonds. The van der Waals surface area contributed by atoms with Gasteiger partial charge >= 0.3 is 5.97 Å². The van der Waals surface area contributed by atoms with E-state index in [1.807, 2.05) is 4.90 Å². The third kappa shape index (κ3) is 25.1. The van der Waals surface area contributed by atoms with Crippen LogP contribution in [0.4, 0.5) is 13.2 Å². The number of carbonyl (C=O) groups excluding carboxylic acids is 2. The lowest BCUT2D eigenvalue weighted by molar-refractivity contribution is -0.136. The number of amides is 1. The number of nitrogens with one attached hydrogen (secondary N) is 1. The zero-order valence-electron chi connectivity index (χ0n) is 38.6. The van der Waals surface area contributed by atoms with Crippen molar-refractivity contribution in [1.82, 2.24) is 35.0 Å². The van der Waals surface area contributed by atoms with Crippen LogP contribution in [0.2, 0.25) is 0 Å². The number of aromatic nitrogens is 3. The molecule has 0 spiro atoms. The lowest BCUT2D eigenvalue weighted by Gasteiger charge is -2.41. The molecule has 2 aromatic rings. The van der Waals surface area contributed by atoms with Crippen molar-refractivity contribution >= 4 is 12.4 Å². The maximum atomic E-state index is 13.6. The highest BCUT2D eigenvalue weighted by Crippen LogP contribution is 2.23. The number of rotatable bonds is 43. The van der Waals surface area contributed by atoms with Gasteiger partial charge in [-0.15, -0.1) is 5.10 Å². The number of carbonyl (C=O) groups is 2. The van der Waals surface area contributed by atoms with Gasteiger partial charge in [0.1, 0.15) is 11.5 Å². The van der Waals surface area contributed by atoms with Gasteiger partial charge in [0.05, 0.1) is 150 Å². The van der Waals surface area contributed by atoms with Crippen LogP contribution in [-0.2, 0) is 60.6 Å². The molecule has 1 aromatic heterocycles. The van der Waals surface area contributed by atoms with Crippen LogP contribution in [0.1, 0.15) is 25.0 Å². The molecule has 384 valence electrons. The summed E-state index contributed by atoms with van der Waals surface area (Å²) in [5.41, 5.74) is -0.394. The number of aliphatic hydroxyl groups excluding tert-OH is 3. The Hall–Kier alpha value is -3.47. The first kappa shape index (κ1) is 57.8. The molecule has 0 radical (unpaired) electrons. The van der Waals surface area contributed by atoms with E-state index in [9.17, 15) is 38.1 Å². The van der Waals surface area contributed by atoms with Crippen LogP contribution < -0.4 is 10.1 Å². The molecule has 3 rings (SSSR count). The molecule has 1 aliphatic rings. The third-order valence-electron chi connectivity index (χ3n) is 10.5. The Balaban J connectivity index is 1.03. The number of hydrogen-bond acceptors (Lipinski definition) is 19. The molecule has 0 saturated carbocycles. The Morgan fingerprint density at radius 1 is 0.672 bits per heavy atom. The first-order valence-electron chi connectivity index (χ1n) is 22.8. The Kier molecular flexibility index (Phi) is 31.5. The van der Waals surface area contributed by atoms with Crippen molar-refractivity contribution in [1.29, 1.82) is 0 Å². The normalized spacial score (nSPS) is 13.8. The molecule has 0 bridgehead atoms. The predicted octanol–water partition coefficient (Wildman–Crippen LogP) is -0.515. The smallest absolute Gasteiger partial charge is 0.313 e. The monoisotopic (exact) mass is 968 g/mol. The lowest BCUT2D eigenvalue weighted by atomic mass is 9.99. The lowest BCUT2D eigenvalue weighted by Crippen LogP contribution is -2.58. The van der Waals surface area contributed by atoms with Gasteiger partial charge in [-0.3, -0.25) is 19.4 Å². The van der Waals surface area contributed by atoms with E-state index >= 15 is 0 Å². The SMILES string of the molecule is O=CNCCCN(CCCN1CCN(CCOCCOCCOCCOCc2cn(CCOCCOCCOCCOCCC(=O)Oc3c(F)cc(F)cc3F)nn2)CC1)C(CO)(CO)CO. The maximum absolute atomic E-state index is 13.6. The van der Waals surface area contributed by atoms with Crippen molar-refractivity contribution < 1.29 is 80.7 Å². The molecule has 67 heavy (non-hydrogen) atoms. The Morgan fingerprint density at radius 3 is 1.69 bits per heavy atom. The highest BCUT2D eigenvalue weighted by Gasteiger charge is 2.35. The Bertz CT molecular complexity index is 1550. The molecule has 0 aliphatic carbocycles. The second kappa shape index (κ2) is 36.5. The minimum Gasteiger partial charge on any atom is -0.420 e. The molecule has 1 aromatic carbocycles. The van der Waals surface area contributed by atoms with E-state index in [-0.39, 0.29) is 46.1 Å². The van der Waals surface area contributed by atoms with Gasteiger partial charge in [-0.1, -0.05) is 5.21 Å². The zero-order valence-corrected chi connectivity index (χ0v) is 38.6. The summed E-state index contributed by atoms with van der Waals surface area (Å²) in [5.74, 6) is -5.60. The highest BCUT2D eigenvalue weighted by molar-refractivity contribution is 5.72. The van der Waals surface area contributed by atoms with E-state index in [1.54, 1.807) is 10.9 Å². The van der Waals surface area contributed by atoms with Crippen LogP contribution in [0.15, 0.2) is 18.3 Å². The van der Waals surface area contributed by atoms with Crippen LogP contribution in [-0.4, -0.2) is 241 Å². The molecule has 1 saturated heterocycles. The minimum atomic E-state index is -1.31. The standard InChI is InChI=1S/C43H72F3N7O14/c44-37-29-39(45)42(40(46)30-37)67-41(58)3-14-59-17-20-62-23-24-64-22-19-61-16-13-53-31-38(48-49-53)32-66-28-27-65-26-25-63-21-18-60-15-12-51-10-8-50(9-11-51)5-2-7-52(6-1-4-47-36-57)43(33-54,34-55)35-56/h29-31,36,54-56H,1-28,32-35H2,(H,47,57). The minimum absolute atomic E-state index is 0.0479. The fourth-order valence-electron chi connectivity index (χ4n) is 6.60. The van der Waals surface area contributed by atoms with Gasteiger partial charge < -0.3 is 68.2 Å². The number of nitrogens with zero attached hydrogens (tertiary/aromatic N) is 6. The van der Waals surface area contributed by atoms with Gasteiger partial charge in [-0.05, 0) is 19.4 Å². The fourth-order valence-corrected chi connectivity index (χ4v) is 6.60. The third-order valence-corrected chi connectivity index (χ3v) is 10.5. The Morgan fingerprint density at radius 2 is 1.15 bits per heavy atom. The summed E-state index contributed by atoms with van der Waals surface area (Å²) in [6.45, 7) is 12.5. The van der Waals surface area contributed by atoms with Crippen LogP contribution in [0, 0.1) is 17.5 Å². The van der Waals surface area contributed by atoms with E-state index in [0.717, 1.165) is 45.7 Å². The summed E-state index contributed by atoms with van der Waals surface area (Å²) >= 11 is 0. The summed E-state index contributed by atoms with van der Waals surface area (Å²) in [6.07, 6.45) is 3.67. The zero-order chi connectivity index (χ0) is 48.2. The van der Waals surface area contributed by atoms with Gasteiger partial charge in [0.15, 0.2) is 11.6 Å². The van der Waals surface area contributed by atoms with Crippen molar-refractivity contribution in [2.75, 3.05) is 178 Å². The molecule has 4 N–H and O–H groups in total. The summed E-state index contributed by atoms with van der Waals surface area (Å²) in [6, 6.07) is 0.845. The number of hydrogen-bond donors (Lipinski definition) is 4. The van der Waals surface area contributed by atoms with Crippen molar-refractivity contribution in [2.45, 2.75) is 38.0 Å². The van der Waals surface area contributed by atoms with Crippen LogP contribution >= 0.6 is 0 Å². The highest BCUT2D eigenvalue weighted by atomic mass is 19.1. The van der Waals surface area contributed by atoms with Crippen LogP contribution in [0.25, 0.3) is 0 Å². The molecule has 0 atom stereocenters. The van der Waals surface area contributed by atoms with Crippen molar-refractivity contribution in [2.24, 2.45) is 0 Å². The summed E-state index contributed by atoms with van der Waals surface area (Å²) in [7, 11) is 0. The number of benzene rings is 1. The van der Waals surface area contributed by atoms with Crippen LogP contribution in [0.3, 0.4) is 0 Å². The molecular formula is C43H72F3N7O14. The molecule has 0 unspecified atom stereocenters. The summed E-state index contributed by atoms with van der Waals surface area (Å²) in [5, 5.41) is 40.6. The van der Waals surface area contributed by atoms with Gasteiger partial charge in [0.2, 0.25) is 12.2 Å². The van der Waals surface area contributed by atoms with Crippen LogP contribution in [0.5, 0.6) is 5.75 Å². The van der Waals surface area contributed by atoms with Gasteiger partial charge in [0.25, 0.3) is 0 Å². The maximum Gasteiger partial charge on any atom is 0.313 e. The fraction of sp³-hybridized carbons (Fsp3) is 0.767. The van der Waals surface area contributed by atoms with E-state index < -0.39 is 34.7 Å². The first-order chi connectivity index (χ1) is 32.7. The largest absolute Gasteiger partial charge is 0.420 e. The topological polar surface area (TPSA) is 230 Å². The quantitative estimate of drug-likeness (QED) is 0.0284. The number of halogens is 3. The average Bonchev–Trinajstić information content (AvgIpc) is 3.78. The van der Waals surface area contributed by atoms with Crippen molar-refractivity contribution in [3.05, 3.63) is 41.5 Å². The molecule has 1 fully saturated rings. The van der Waals surface area contributed by atoms with Gasteiger partial charge in [-0.2, -0.15) is 0 Å². The molecule has 2 heterocycles. The van der Waals surface area contributed by atoms with Crippen molar-refractivity contribution in [3.63, 3.8) is 0 Å².